The van der Waals surface area contributed by atoms with Gasteiger partial charge in [-0.3, -0.25) is 0 Å². The normalized spacial score (nSPS) is 16.3. The lowest BCUT2D eigenvalue weighted by Gasteiger charge is -2.21. The van der Waals surface area contributed by atoms with Gasteiger partial charge < -0.3 is 16.0 Å². The Morgan fingerprint density at radius 3 is 2.67 bits per heavy atom. The number of likely N-dealkylation sites (N-methyl/N-ethyl adjacent to an activating group) is 1. The Bertz CT molecular complexity index is 503. The molecule has 1 aliphatic heterocycles. The number of piperazine rings is 1. The minimum Gasteiger partial charge on any atom is -0.375 e. The highest BCUT2D eigenvalue weighted by Crippen LogP contribution is 2.23. The van der Waals surface area contributed by atoms with Crippen LogP contribution in [0.2, 0.25) is 0 Å². The molecular formula is C13H20N4S. The van der Waals surface area contributed by atoms with E-state index in [0.717, 1.165) is 18.6 Å². The number of nitrogens with two attached hydrogens (primary N) is 1. The molecule has 0 aliphatic carbocycles. The van der Waals surface area contributed by atoms with Crippen molar-refractivity contribution in [2.24, 2.45) is 0 Å². The Morgan fingerprint density at radius 2 is 2.06 bits per heavy atom. The van der Waals surface area contributed by atoms with E-state index < -0.39 is 0 Å². The van der Waals surface area contributed by atoms with Crippen molar-refractivity contribution < 1.29 is 0 Å². The van der Waals surface area contributed by atoms with Crippen LogP contribution >= 0.6 is 11.3 Å². The van der Waals surface area contributed by atoms with Gasteiger partial charge in [0.15, 0.2) is 5.13 Å². The zero-order valence-corrected chi connectivity index (χ0v) is 11.8. The van der Waals surface area contributed by atoms with Gasteiger partial charge >= 0.3 is 0 Å². The van der Waals surface area contributed by atoms with Gasteiger partial charge in [0.05, 0.1) is 10.2 Å². The first-order valence-electron chi connectivity index (χ1n) is 6.17. The van der Waals surface area contributed by atoms with Crippen LogP contribution < -0.4 is 11.1 Å². The van der Waals surface area contributed by atoms with Crippen LogP contribution in [0.15, 0.2) is 18.2 Å². The van der Waals surface area contributed by atoms with Crippen molar-refractivity contribution in [1.82, 2.24) is 15.2 Å². The summed E-state index contributed by atoms with van der Waals surface area (Å²) in [6.45, 7) is 6.81. The number of fused-ring (bicyclic) bond motifs is 1. The Kier molecular flexibility index (Phi) is 4.52. The number of rotatable bonds is 0. The summed E-state index contributed by atoms with van der Waals surface area (Å²) >= 11 is 1.53. The van der Waals surface area contributed by atoms with E-state index in [-0.39, 0.29) is 0 Å². The quantitative estimate of drug-likeness (QED) is 0.760. The number of nitrogen functional groups attached to an aromatic ring is 1. The second-order valence-corrected chi connectivity index (χ2v) is 5.64. The SMILES string of the molecule is CN1CCNCC1.Cc1ccc2nc(N)sc2c1. The molecule has 0 saturated carbocycles. The van der Waals surface area contributed by atoms with Gasteiger partial charge in [0.1, 0.15) is 0 Å². The number of aryl methyl sites for hydroxylation is 1. The molecule has 2 aromatic rings. The van der Waals surface area contributed by atoms with E-state index >= 15 is 0 Å². The zero-order chi connectivity index (χ0) is 13.0. The Labute approximate surface area is 112 Å². The fraction of sp³-hybridized carbons (Fsp3) is 0.462. The van der Waals surface area contributed by atoms with Crippen LogP contribution in [-0.2, 0) is 0 Å². The molecule has 1 fully saturated rings. The lowest BCUT2D eigenvalue weighted by Crippen LogP contribution is -2.40. The van der Waals surface area contributed by atoms with E-state index in [2.05, 4.69) is 35.2 Å². The van der Waals surface area contributed by atoms with Gasteiger partial charge in [0.25, 0.3) is 0 Å². The van der Waals surface area contributed by atoms with Crippen LogP contribution in [0.4, 0.5) is 5.13 Å². The molecule has 0 bridgehead atoms. The second kappa shape index (κ2) is 6.13. The van der Waals surface area contributed by atoms with Crippen LogP contribution in [0.5, 0.6) is 0 Å². The summed E-state index contributed by atoms with van der Waals surface area (Å²) in [6, 6.07) is 6.14. The Morgan fingerprint density at radius 1 is 1.33 bits per heavy atom. The van der Waals surface area contributed by atoms with E-state index in [9.17, 15) is 0 Å². The molecule has 3 N–H and O–H groups in total. The third kappa shape index (κ3) is 3.66. The first kappa shape index (κ1) is 13.3. The van der Waals surface area contributed by atoms with E-state index in [0.29, 0.717) is 5.13 Å². The van der Waals surface area contributed by atoms with Gasteiger partial charge in [0.2, 0.25) is 0 Å². The molecule has 0 atom stereocenters. The molecule has 4 nitrogen and oxygen atoms in total. The molecule has 1 aromatic heterocycles. The van der Waals surface area contributed by atoms with Crippen LogP contribution in [0.3, 0.4) is 0 Å². The van der Waals surface area contributed by atoms with E-state index in [1.807, 2.05) is 12.1 Å². The Balaban J connectivity index is 0.000000149. The average Bonchev–Trinajstić information content (AvgIpc) is 2.70. The highest BCUT2D eigenvalue weighted by atomic mass is 32.1. The summed E-state index contributed by atoms with van der Waals surface area (Å²) in [4.78, 5) is 6.48. The van der Waals surface area contributed by atoms with Crippen molar-refractivity contribution in [3.63, 3.8) is 0 Å². The zero-order valence-electron chi connectivity index (χ0n) is 10.9. The molecule has 5 heteroatoms. The molecular weight excluding hydrogens is 244 g/mol. The maximum absolute atomic E-state index is 5.55. The van der Waals surface area contributed by atoms with E-state index in [4.69, 9.17) is 5.73 Å². The minimum absolute atomic E-state index is 0.644. The molecule has 0 spiro atoms. The van der Waals surface area contributed by atoms with Gasteiger partial charge in [0, 0.05) is 26.2 Å². The fourth-order valence-electron chi connectivity index (χ4n) is 1.83. The van der Waals surface area contributed by atoms with Crippen LogP contribution in [0.1, 0.15) is 5.56 Å². The molecule has 3 rings (SSSR count). The monoisotopic (exact) mass is 264 g/mol. The number of nitrogens with zero attached hydrogens (tertiary/aromatic N) is 2. The third-order valence-corrected chi connectivity index (χ3v) is 3.75. The molecule has 0 unspecified atom stereocenters. The van der Waals surface area contributed by atoms with Gasteiger partial charge in [-0.05, 0) is 31.7 Å². The number of nitrogens with one attached hydrogen (secondary N) is 1. The van der Waals surface area contributed by atoms with Crippen molar-refractivity contribution >= 4 is 26.7 Å². The lowest BCUT2D eigenvalue weighted by molar-refractivity contribution is 0.291. The number of aromatic nitrogens is 1. The molecule has 18 heavy (non-hydrogen) atoms. The number of benzene rings is 1. The van der Waals surface area contributed by atoms with Gasteiger partial charge in [-0.1, -0.05) is 17.4 Å². The topological polar surface area (TPSA) is 54.2 Å². The number of hydrogen-bond acceptors (Lipinski definition) is 5. The summed E-state index contributed by atoms with van der Waals surface area (Å²) < 4.78 is 1.17. The predicted octanol–water partition coefficient (Wildman–Crippen LogP) is 1.71. The first-order valence-corrected chi connectivity index (χ1v) is 6.99. The van der Waals surface area contributed by atoms with Crippen molar-refractivity contribution in [1.29, 1.82) is 0 Å². The second-order valence-electron chi connectivity index (χ2n) is 4.58. The molecule has 98 valence electrons. The van der Waals surface area contributed by atoms with Crippen molar-refractivity contribution in [2.75, 3.05) is 39.0 Å². The van der Waals surface area contributed by atoms with Crippen molar-refractivity contribution in [3.05, 3.63) is 23.8 Å². The summed E-state index contributed by atoms with van der Waals surface area (Å²) in [5.74, 6) is 0. The highest BCUT2D eigenvalue weighted by molar-refractivity contribution is 7.22. The maximum Gasteiger partial charge on any atom is 0.181 e. The first-order chi connectivity index (χ1) is 8.65. The summed E-state index contributed by atoms with van der Waals surface area (Å²) in [5, 5.41) is 3.92. The summed E-state index contributed by atoms with van der Waals surface area (Å²) in [6.07, 6.45) is 0. The summed E-state index contributed by atoms with van der Waals surface area (Å²) in [5.41, 5.74) is 7.80. The van der Waals surface area contributed by atoms with Crippen molar-refractivity contribution in [3.8, 4) is 0 Å². The van der Waals surface area contributed by atoms with Crippen LogP contribution in [-0.4, -0.2) is 43.1 Å². The van der Waals surface area contributed by atoms with E-state index in [1.165, 1.54) is 34.7 Å². The lowest BCUT2D eigenvalue weighted by atomic mass is 10.2. The predicted molar refractivity (Wildman–Crippen MR) is 79.1 cm³/mol. The summed E-state index contributed by atoms with van der Waals surface area (Å²) in [7, 11) is 2.15. The van der Waals surface area contributed by atoms with Crippen LogP contribution in [0, 0.1) is 6.92 Å². The number of anilines is 1. The van der Waals surface area contributed by atoms with Crippen LogP contribution in [0.25, 0.3) is 10.2 Å². The van der Waals surface area contributed by atoms with Gasteiger partial charge in [-0.25, -0.2) is 4.98 Å². The van der Waals surface area contributed by atoms with Gasteiger partial charge in [-0.2, -0.15) is 0 Å². The molecule has 2 heterocycles. The smallest absolute Gasteiger partial charge is 0.181 e. The molecule has 1 saturated heterocycles. The number of hydrogen-bond donors (Lipinski definition) is 2. The fourth-order valence-corrected chi connectivity index (χ4v) is 2.66. The molecule has 0 radical (unpaired) electrons. The largest absolute Gasteiger partial charge is 0.375 e. The molecule has 1 aliphatic rings. The van der Waals surface area contributed by atoms with Gasteiger partial charge in [-0.15, -0.1) is 0 Å². The Hall–Kier alpha value is -1.17. The number of thiazole rings is 1. The van der Waals surface area contributed by atoms with Crippen molar-refractivity contribution in [2.45, 2.75) is 6.92 Å². The third-order valence-electron chi connectivity index (χ3n) is 2.90. The molecule has 0 amide bonds. The standard InChI is InChI=1S/C8H8N2S.C5H12N2/c1-5-2-3-6-7(4-5)11-8(9)10-6;1-7-4-2-6-3-5-7/h2-4H,1H3,(H2,9,10);6H,2-5H2,1H3. The average molecular weight is 264 g/mol. The minimum atomic E-state index is 0.644. The van der Waals surface area contributed by atoms with E-state index in [1.54, 1.807) is 0 Å². The molecule has 1 aromatic carbocycles. The maximum atomic E-state index is 5.55. The highest BCUT2D eigenvalue weighted by Gasteiger charge is 2.01.